The summed E-state index contributed by atoms with van der Waals surface area (Å²) in [7, 11) is 0. The maximum atomic E-state index is 10.7. The lowest BCUT2D eigenvalue weighted by Crippen LogP contribution is -2.03. The van der Waals surface area contributed by atoms with Gasteiger partial charge in [0.1, 0.15) is 5.75 Å². The average molecular weight is 188 g/mol. The molecule has 2 nitrogen and oxygen atoms in total. The summed E-state index contributed by atoms with van der Waals surface area (Å²) >= 11 is 0. The molecule has 0 bridgehead atoms. The van der Waals surface area contributed by atoms with Crippen molar-refractivity contribution in [3.8, 4) is 18.1 Å². The molecule has 0 aromatic heterocycles. The van der Waals surface area contributed by atoms with Crippen LogP contribution >= 0.6 is 0 Å². The summed E-state index contributed by atoms with van der Waals surface area (Å²) in [6.07, 6.45) is 7.00. The summed E-state index contributed by atoms with van der Waals surface area (Å²) in [4.78, 5) is 10.7. The van der Waals surface area contributed by atoms with Crippen LogP contribution in [0.3, 0.4) is 0 Å². The molecule has 14 heavy (non-hydrogen) atoms. The molecule has 0 amide bonds. The highest BCUT2D eigenvalue weighted by Crippen LogP contribution is 2.13. The lowest BCUT2D eigenvalue weighted by Gasteiger charge is -2.01. The molecule has 72 valence electrons. The van der Waals surface area contributed by atoms with Crippen LogP contribution in [0.15, 0.2) is 24.3 Å². The van der Waals surface area contributed by atoms with Crippen LogP contribution in [-0.4, -0.2) is 5.97 Å². The molecule has 1 rings (SSSR count). The largest absolute Gasteiger partial charge is 0.417 e. The highest BCUT2D eigenvalue weighted by atomic mass is 16.5. The van der Waals surface area contributed by atoms with Crippen molar-refractivity contribution in [1.82, 2.24) is 0 Å². The summed E-state index contributed by atoms with van der Waals surface area (Å²) in [6, 6.07) is 7.37. The van der Waals surface area contributed by atoms with E-state index in [0.29, 0.717) is 5.75 Å². The van der Waals surface area contributed by atoms with Gasteiger partial charge in [-0.15, -0.1) is 6.42 Å². The quantitative estimate of drug-likeness (QED) is 0.314. The number of carbonyl (C=O) groups is 1. The van der Waals surface area contributed by atoms with Crippen molar-refractivity contribution in [2.75, 3.05) is 0 Å². The number of benzene rings is 1. The van der Waals surface area contributed by atoms with E-state index >= 15 is 0 Å². The van der Waals surface area contributed by atoms with E-state index in [1.54, 1.807) is 12.1 Å². The van der Waals surface area contributed by atoms with Gasteiger partial charge in [0, 0.05) is 5.92 Å². The Bertz CT molecular complexity index is 344. The first-order chi connectivity index (χ1) is 6.76. The molecular weight excluding hydrogens is 176 g/mol. The highest BCUT2D eigenvalue weighted by molar-refractivity contribution is 5.89. The Morgan fingerprint density at radius 2 is 2.07 bits per heavy atom. The van der Waals surface area contributed by atoms with Crippen molar-refractivity contribution >= 4 is 5.97 Å². The zero-order valence-corrected chi connectivity index (χ0v) is 8.12. The van der Waals surface area contributed by atoms with Crippen molar-refractivity contribution in [3.63, 3.8) is 0 Å². The average Bonchev–Trinajstić information content (AvgIpc) is 2.21. The van der Waals surface area contributed by atoms with Crippen molar-refractivity contribution in [2.45, 2.75) is 19.8 Å². The normalized spacial score (nSPS) is 9.14. The van der Waals surface area contributed by atoms with Crippen LogP contribution in [0.4, 0.5) is 0 Å². The summed E-state index contributed by atoms with van der Waals surface area (Å²) in [6.45, 7) is 2.12. The van der Waals surface area contributed by atoms with Gasteiger partial charge in [-0.2, -0.15) is 0 Å². The van der Waals surface area contributed by atoms with Gasteiger partial charge in [-0.25, -0.2) is 4.79 Å². The van der Waals surface area contributed by atoms with Gasteiger partial charge in [0.25, 0.3) is 0 Å². The number of hydrogen-bond acceptors (Lipinski definition) is 2. The smallest absolute Gasteiger partial charge is 0.389 e. The van der Waals surface area contributed by atoms with E-state index in [4.69, 9.17) is 11.2 Å². The molecule has 0 aliphatic carbocycles. The van der Waals surface area contributed by atoms with Gasteiger partial charge < -0.3 is 4.74 Å². The predicted molar refractivity (Wildman–Crippen MR) is 54.9 cm³/mol. The maximum Gasteiger partial charge on any atom is 0.389 e. The van der Waals surface area contributed by atoms with E-state index in [-0.39, 0.29) is 0 Å². The molecule has 0 aliphatic rings. The van der Waals surface area contributed by atoms with Gasteiger partial charge in [-0.1, -0.05) is 25.5 Å². The van der Waals surface area contributed by atoms with Crippen LogP contribution in [-0.2, 0) is 11.2 Å². The lowest BCUT2D eigenvalue weighted by atomic mass is 10.1. The summed E-state index contributed by atoms with van der Waals surface area (Å²) in [5.41, 5.74) is 1.23. The van der Waals surface area contributed by atoms with Crippen LogP contribution < -0.4 is 4.74 Å². The Hall–Kier alpha value is -1.75. The summed E-state index contributed by atoms with van der Waals surface area (Å²) in [5, 5.41) is 0. The fraction of sp³-hybridized carbons (Fsp3) is 0.250. The molecule has 0 aliphatic heterocycles. The first kappa shape index (κ1) is 10.3. The fourth-order valence-corrected chi connectivity index (χ4v) is 1.15. The van der Waals surface area contributed by atoms with Crippen LogP contribution in [0, 0.1) is 12.3 Å². The minimum Gasteiger partial charge on any atom is -0.417 e. The topological polar surface area (TPSA) is 26.3 Å². The molecule has 0 atom stereocenters. The molecule has 0 spiro atoms. The van der Waals surface area contributed by atoms with E-state index in [1.165, 1.54) is 5.56 Å². The first-order valence-electron chi connectivity index (χ1n) is 4.53. The maximum absolute atomic E-state index is 10.7. The number of hydrogen-bond donors (Lipinski definition) is 0. The molecule has 0 heterocycles. The Kier molecular flexibility index (Phi) is 3.75. The Morgan fingerprint density at radius 1 is 1.43 bits per heavy atom. The number of terminal acetylenes is 1. The second kappa shape index (κ2) is 5.08. The number of rotatable bonds is 3. The minimum absolute atomic E-state index is 0.493. The number of carbonyl (C=O) groups excluding carboxylic acids is 1. The number of aryl methyl sites for hydroxylation is 1. The summed E-state index contributed by atoms with van der Waals surface area (Å²) < 4.78 is 4.82. The molecule has 0 N–H and O–H groups in total. The van der Waals surface area contributed by atoms with Crippen LogP contribution in [0.1, 0.15) is 18.9 Å². The van der Waals surface area contributed by atoms with Crippen molar-refractivity contribution in [1.29, 1.82) is 0 Å². The van der Waals surface area contributed by atoms with Crippen molar-refractivity contribution in [2.24, 2.45) is 0 Å². The second-order valence-electron chi connectivity index (χ2n) is 2.93. The van der Waals surface area contributed by atoms with Gasteiger partial charge in [0.2, 0.25) is 0 Å². The molecule has 1 aromatic rings. The van der Waals surface area contributed by atoms with Gasteiger partial charge >= 0.3 is 5.97 Å². The zero-order chi connectivity index (χ0) is 10.4. The third kappa shape index (κ3) is 2.95. The molecule has 0 saturated heterocycles. The van der Waals surface area contributed by atoms with Crippen LogP contribution in [0.2, 0.25) is 0 Å². The Labute approximate surface area is 83.9 Å². The van der Waals surface area contributed by atoms with Crippen molar-refractivity contribution in [3.05, 3.63) is 29.8 Å². The molecule has 0 radical (unpaired) electrons. The van der Waals surface area contributed by atoms with Crippen LogP contribution in [0.5, 0.6) is 5.75 Å². The van der Waals surface area contributed by atoms with Gasteiger partial charge in [0.05, 0.1) is 0 Å². The summed E-state index contributed by atoms with van der Waals surface area (Å²) in [5.74, 6) is 1.73. The number of ether oxygens (including phenoxy) is 1. The number of esters is 1. The second-order valence-corrected chi connectivity index (χ2v) is 2.93. The SMILES string of the molecule is C#CC(=O)Oc1ccc(CCC)cc1. The third-order valence-corrected chi connectivity index (χ3v) is 1.79. The van der Waals surface area contributed by atoms with Crippen molar-refractivity contribution < 1.29 is 9.53 Å². The first-order valence-corrected chi connectivity index (χ1v) is 4.53. The Balaban J connectivity index is 2.65. The van der Waals surface area contributed by atoms with Gasteiger partial charge in [-0.3, -0.25) is 0 Å². The predicted octanol–water partition coefficient (Wildman–Crippen LogP) is 2.18. The van der Waals surface area contributed by atoms with Gasteiger partial charge in [-0.05, 0) is 24.1 Å². The van der Waals surface area contributed by atoms with Gasteiger partial charge in [0.15, 0.2) is 0 Å². The van der Waals surface area contributed by atoms with E-state index in [1.807, 2.05) is 18.1 Å². The third-order valence-electron chi connectivity index (χ3n) is 1.79. The molecule has 0 saturated carbocycles. The lowest BCUT2D eigenvalue weighted by molar-refractivity contribution is -0.128. The zero-order valence-electron chi connectivity index (χ0n) is 8.12. The van der Waals surface area contributed by atoms with E-state index in [2.05, 4.69) is 6.92 Å². The molecule has 2 heteroatoms. The standard InChI is InChI=1S/C12H12O2/c1-3-5-10-6-8-11(9-7-10)14-12(13)4-2/h2,6-9H,3,5H2,1H3. The minimum atomic E-state index is -0.659. The monoisotopic (exact) mass is 188 g/mol. The van der Waals surface area contributed by atoms with E-state index in [0.717, 1.165) is 12.8 Å². The van der Waals surface area contributed by atoms with Crippen LogP contribution in [0.25, 0.3) is 0 Å². The van der Waals surface area contributed by atoms with E-state index < -0.39 is 5.97 Å². The molecule has 0 unspecified atom stereocenters. The van der Waals surface area contributed by atoms with E-state index in [9.17, 15) is 4.79 Å². The molecule has 1 aromatic carbocycles. The highest BCUT2D eigenvalue weighted by Gasteiger charge is 1.99. The molecular formula is C12H12O2. The molecule has 0 fully saturated rings. The fourth-order valence-electron chi connectivity index (χ4n) is 1.15. The Morgan fingerprint density at radius 3 is 2.57 bits per heavy atom.